The van der Waals surface area contributed by atoms with Crippen molar-refractivity contribution in [2.45, 2.75) is 38.4 Å². The van der Waals surface area contributed by atoms with Crippen LogP contribution in [0.1, 0.15) is 26.2 Å². The molecule has 1 fully saturated rings. The average molecular weight is 327 g/mol. The topological polar surface area (TPSA) is 57.2 Å². The molecule has 3 aliphatic rings. The van der Waals surface area contributed by atoms with E-state index in [1.165, 1.54) is 0 Å². The van der Waals surface area contributed by atoms with Crippen molar-refractivity contribution in [2.75, 3.05) is 13.1 Å². The number of hydrogen-bond acceptors (Lipinski definition) is 5. The van der Waals surface area contributed by atoms with Crippen molar-refractivity contribution >= 4 is 11.8 Å². The molecule has 0 aromatic rings. The minimum Gasteiger partial charge on any atom is -0.382 e. The molecule has 3 heterocycles. The normalized spacial score (nSPS) is 28.6. The second-order valence-electron chi connectivity index (χ2n) is 6.11. The zero-order chi connectivity index (χ0) is 16.6. The fraction of sp³-hybridized carbons (Fsp3) is 0.600. The van der Waals surface area contributed by atoms with Gasteiger partial charge in [0.2, 0.25) is 5.96 Å². The van der Waals surface area contributed by atoms with Crippen LogP contribution in [0.15, 0.2) is 34.2 Å². The Kier molecular flexibility index (Phi) is 4.08. The monoisotopic (exact) mass is 327 g/mol. The van der Waals surface area contributed by atoms with Gasteiger partial charge in [0.1, 0.15) is 5.84 Å². The number of piperidine rings is 1. The van der Waals surface area contributed by atoms with E-state index >= 15 is 0 Å². The molecule has 3 rings (SSSR count). The maximum atomic E-state index is 13.1. The van der Waals surface area contributed by atoms with Crippen LogP contribution < -0.4 is 5.73 Å². The number of nitrogens with zero attached hydrogens (tertiary/aromatic N) is 4. The lowest BCUT2D eigenvalue weighted by Gasteiger charge is -2.39. The van der Waals surface area contributed by atoms with Gasteiger partial charge >= 0.3 is 6.18 Å². The van der Waals surface area contributed by atoms with Gasteiger partial charge in [-0.3, -0.25) is 4.90 Å². The van der Waals surface area contributed by atoms with E-state index in [9.17, 15) is 13.2 Å². The molecule has 23 heavy (non-hydrogen) atoms. The van der Waals surface area contributed by atoms with Crippen LogP contribution >= 0.6 is 0 Å². The van der Waals surface area contributed by atoms with Crippen LogP contribution in [0.25, 0.3) is 0 Å². The fourth-order valence-electron chi connectivity index (χ4n) is 3.08. The lowest BCUT2D eigenvalue weighted by atomic mass is 9.98. The first-order valence-electron chi connectivity index (χ1n) is 7.75. The van der Waals surface area contributed by atoms with Gasteiger partial charge in [0.05, 0.1) is 17.7 Å². The Morgan fingerprint density at radius 1 is 1.35 bits per heavy atom. The van der Waals surface area contributed by atoms with Gasteiger partial charge in [-0.15, -0.1) is 0 Å². The van der Waals surface area contributed by atoms with Gasteiger partial charge in [0.25, 0.3) is 0 Å². The predicted molar refractivity (Wildman–Crippen MR) is 82.6 cm³/mol. The molecule has 8 heteroatoms. The molecule has 3 aliphatic heterocycles. The van der Waals surface area contributed by atoms with E-state index in [2.05, 4.69) is 9.98 Å². The lowest BCUT2D eigenvalue weighted by molar-refractivity contribution is -0.183. The van der Waals surface area contributed by atoms with Gasteiger partial charge in [-0.2, -0.15) is 13.2 Å². The van der Waals surface area contributed by atoms with Crippen molar-refractivity contribution in [1.82, 2.24) is 9.80 Å². The summed E-state index contributed by atoms with van der Waals surface area (Å²) in [5.74, 6) is -0.423. The van der Waals surface area contributed by atoms with Crippen LogP contribution in [-0.4, -0.2) is 46.9 Å². The molecule has 0 radical (unpaired) electrons. The summed E-state index contributed by atoms with van der Waals surface area (Å²) in [5.41, 5.74) is 6.63. The third-order valence-electron chi connectivity index (χ3n) is 4.32. The van der Waals surface area contributed by atoms with Crippen LogP contribution in [-0.2, 0) is 0 Å². The Balaban J connectivity index is 1.89. The molecular formula is C15H20F3N5. The number of guanidine groups is 1. The van der Waals surface area contributed by atoms with Crippen LogP contribution in [0.2, 0.25) is 0 Å². The quantitative estimate of drug-likeness (QED) is 0.743. The van der Waals surface area contributed by atoms with E-state index in [1.807, 2.05) is 13.0 Å². The largest absolute Gasteiger partial charge is 0.393 e. The minimum atomic E-state index is -4.17. The summed E-state index contributed by atoms with van der Waals surface area (Å²) in [7, 11) is 0. The van der Waals surface area contributed by atoms with Crippen molar-refractivity contribution in [3.05, 3.63) is 24.2 Å². The number of aliphatic imine (C=N–C) groups is 2. The van der Waals surface area contributed by atoms with Crippen molar-refractivity contribution in [3.63, 3.8) is 0 Å². The number of rotatable bonds is 0. The molecule has 0 spiro atoms. The third kappa shape index (κ3) is 3.20. The SMILES string of the molecule is CC1CC=C2C(N)=NC=CN2C(N2CCCC(C(F)(F)F)C2)=N1. The van der Waals surface area contributed by atoms with E-state index < -0.39 is 12.1 Å². The molecule has 2 atom stereocenters. The number of alkyl halides is 3. The Labute approximate surface area is 133 Å². The fourth-order valence-corrected chi connectivity index (χ4v) is 3.08. The predicted octanol–water partition coefficient (Wildman–Crippen LogP) is 2.44. The second kappa shape index (κ2) is 5.90. The molecule has 0 aromatic heterocycles. The van der Waals surface area contributed by atoms with Gasteiger partial charge in [-0.05, 0) is 26.2 Å². The number of amidine groups is 1. The Hall–Kier alpha value is -1.99. The van der Waals surface area contributed by atoms with Gasteiger partial charge in [0, 0.05) is 25.5 Å². The lowest BCUT2D eigenvalue weighted by Crippen LogP contribution is -2.50. The van der Waals surface area contributed by atoms with Crippen LogP contribution in [0.5, 0.6) is 0 Å². The zero-order valence-corrected chi connectivity index (χ0v) is 12.9. The van der Waals surface area contributed by atoms with E-state index in [0.29, 0.717) is 36.9 Å². The Morgan fingerprint density at radius 2 is 2.13 bits per heavy atom. The van der Waals surface area contributed by atoms with Crippen molar-refractivity contribution < 1.29 is 13.2 Å². The molecule has 1 saturated heterocycles. The molecule has 0 bridgehead atoms. The highest BCUT2D eigenvalue weighted by Crippen LogP contribution is 2.34. The molecule has 126 valence electrons. The molecule has 2 N–H and O–H groups in total. The Bertz CT molecular complexity index is 590. The maximum absolute atomic E-state index is 13.1. The molecule has 2 unspecified atom stereocenters. The first-order chi connectivity index (χ1) is 10.9. The summed E-state index contributed by atoms with van der Waals surface area (Å²) in [6.45, 7) is 2.44. The number of likely N-dealkylation sites (tertiary alicyclic amines) is 1. The van der Waals surface area contributed by atoms with E-state index in [0.717, 1.165) is 0 Å². The highest BCUT2D eigenvalue weighted by Gasteiger charge is 2.43. The molecule has 0 amide bonds. The summed E-state index contributed by atoms with van der Waals surface area (Å²) in [6, 6.07) is -0.0180. The van der Waals surface area contributed by atoms with Gasteiger partial charge in [-0.1, -0.05) is 6.08 Å². The molecule has 5 nitrogen and oxygen atoms in total. The number of fused-ring (bicyclic) bond motifs is 1. The van der Waals surface area contributed by atoms with Gasteiger partial charge in [-0.25, -0.2) is 9.98 Å². The number of nitrogens with two attached hydrogens (primary N) is 1. The van der Waals surface area contributed by atoms with E-state index in [1.54, 1.807) is 22.2 Å². The van der Waals surface area contributed by atoms with Crippen LogP contribution in [0.3, 0.4) is 0 Å². The smallest absolute Gasteiger partial charge is 0.382 e. The van der Waals surface area contributed by atoms with Crippen LogP contribution in [0.4, 0.5) is 13.2 Å². The standard InChI is InChI=1S/C15H20F3N5/c1-10-4-5-12-13(19)20-6-8-23(12)14(21-10)22-7-2-3-11(9-22)15(16,17)18/h5-6,8,10-11H,2-4,7,9H2,1H3,(H2,19,20). The molecule has 0 saturated carbocycles. The maximum Gasteiger partial charge on any atom is 0.393 e. The first kappa shape index (κ1) is 15.9. The highest BCUT2D eigenvalue weighted by molar-refractivity contribution is 6.02. The summed E-state index contributed by atoms with van der Waals surface area (Å²) in [4.78, 5) is 12.2. The first-order valence-corrected chi connectivity index (χ1v) is 7.75. The van der Waals surface area contributed by atoms with Crippen LogP contribution in [0, 0.1) is 5.92 Å². The zero-order valence-electron chi connectivity index (χ0n) is 12.9. The van der Waals surface area contributed by atoms with Crippen molar-refractivity contribution in [1.29, 1.82) is 0 Å². The third-order valence-corrected chi connectivity index (χ3v) is 4.32. The molecule has 0 aliphatic carbocycles. The Morgan fingerprint density at radius 3 is 2.87 bits per heavy atom. The number of halogens is 3. The van der Waals surface area contributed by atoms with Gasteiger partial charge in [0.15, 0.2) is 0 Å². The number of hydrogen-bond donors (Lipinski definition) is 1. The molecule has 0 aromatic carbocycles. The summed E-state index contributed by atoms with van der Waals surface area (Å²) < 4.78 is 39.3. The summed E-state index contributed by atoms with van der Waals surface area (Å²) in [5, 5.41) is 0. The molecular weight excluding hydrogens is 307 g/mol. The average Bonchev–Trinajstić information content (AvgIpc) is 2.67. The minimum absolute atomic E-state index is 0.0180. The van der Waals surface area contributed by atoms with Crippen molar-refractivity contribution in [2.24, 2.45) is 21.6 Å². The highest BCUT2D eigenvalue weighted by atomic mass is 19.4. The summed E-state index contributed by atoms with van der Waals surface area (Å²) >= 11 is 0. The van der Waals surface area contributed by atoms with E-state index in [4.69, 9.17) is 5.73 Å². The van der Waals surface area contributed by atoms with E-state index in [-0.39, 0.29) is 19.0 Å². The van der Waals surface area contributed by atoms with Crippen molar-refractivity contribution in [3.8, 4) is 0 Å². The second-order valence-corrected chi connectivity index (χ2v) is 6.11. The van der Waals surface area contributed by atoms with Gasteiger partial charge < -0.3 is 10.6 Å². The summed E-state index contributed by atoms with van der Waals surface area (Å²) in [6.07, 6.45) is 2.36.